The maximum absolute atomic E-state index is 13.4. The van der Waals surface area contributed by atoms with Crippen LogP contribution in [0.15, 0.2) is 60.9 Å². The van der Waals surface area contributed by atoms with Crippen LogP contribution in [0, 0.1) is 13.8 Å². The Morgan fingerprint density at radius 1 is 1.04 bits per heavy atom. The smallest absolute Gasteiger partial charge is 0.258 e. The van der Waals surface area contributed by atoms with Crippen molar-refractivity contribution in [3.63, 3.8) is 0 Å². The number of aromatic nitrogens is 1. The van der Waals surface area contributed by atoms with Crippen LogP contribution in [-0.2, 0) is 6.54 Å². The molecule has 0 aliphatic carbocycles. The van der Waals surface area contributed by atoms with E-state index in [0.717, 1.165) is 16.8 Å². The Bertz CT molecular complexity index is 986. The summed E-state index contributed by atoms with van der Waals surface area (Å²) in [4.78, 5) is 19.3. The Hall–Kier alpha value is -3.34. The molecular formula is C22H20N2O3. The summed E-state index contributed by atoms with van der Waals surface area (Å²) in [5.74, 6) is 1.17. The van der Waals surface area contributed by atoms with Gasteiger partial charge in [-0.3, -0.25) is 9.78 Å². The van der Waals surface area contributed by atoms with Gasteiger partial charge in [0.2, 0.25) is 6.79 Å². The highest BCUT2D eigenvalue weighted by atomic mass is 16.7. The fourth-order valence-corrected chi connectivity index (χ4v) is 3.03. The Labute approximate surface area is 158 Å². The summed E-state index contributed by atoms with van der Waals surface area (Å²) in [5, 5.41) is 0. The molecular weight excluding hydrogens is 340 g/mol. The normalized spacial score (nSPS) is 12.1. The number of hydrogen-bond donors (Lipinski definition) is 0. The first kappa shape index (κ1) is 17.1. The van der Waals surface area contributed by atoms with E-state index in [4.69, 9.17) is 9.47 Å². The molecule has 0 fully saturated rings. The topological polar surface area (TPSA) is 51.7 Å². The second-order valence-electron chi connectivity index (χ2n) is 6.59. The first-order valence-corrected chi connectivity index (χ1v) is 8.79. The Morgan fingerprint density at radius 2 is 1.89 bits per heavy atom. The zero-order valence-corrected chi connectivity index (χ0v) is 15.3. The minimum atomic E-state index is -0.0968. The molecule has 0 radical (unpaired) electrons. The molecule has 2 aromatic carbocycles. The van der Waals surface area contributed by atoms with Crippen molar-refractivity contribution >= 4 is 11.6 Å². The first-order chi connectivity index (χ1) is 13.1. The van der Waals surface area contributed by atoms with E-state index in [1.807, 2.05) is 37.3 Å². The van der Waals surface area contributed by atoms with Crippen molar-refractivity contribution in [1.82, 2.24) is 4.98 Å². The first-order valence-electron chi connectivity index (χ1n) is 8.79. The van der Waals surface area contributed by atoms with Crippen molar-refractivity contribution in [2.45, 2.75) is 20.4 Å². The van der Waals surface area contributed by atoms with Crippen molar-refractivity contribution in [3.8, 4) is 11.5 Å². The Kier molecular flexibility index (Phi) is 4.50. The number of anilines is 1. The summed E-state index contributed by atoms with van der Waals surface area (Å²) < 4.78 is 10.8. The van der Waals surface area contributed by atoms with Crippen molar-refractivity contribution in [1.29, 1.82) is 0 Å². The Balaban J connectivity index is 1.72. The van der Waals surface area contributed by atoms with Crippen molar-refractivity contribution in [2.24, 2.45) is 0 Å². The van der Waals surface area contributed by atoms with Gasteiger partial charge in [-0.25, -0.2) is 0 Å². The standard InChI is InChI=1S/C22H20N2O3/c1-15-5-7-19(10-16(15)2)24(13-17-4-3-9-23-12-17)22(25)18-6-8-20-21(11-18)27-14-26-20/h3-12H,13-14H2,1-2H3. The molecule has 0 N–H and O–H groups in total. The van der Waals surface area contributed by atoms with E-state index in [-0.39, 0.29) is 12.7 Å². The van der Waals surface area contributed by atoms with Crippen LogP contribution in [0.5, 0.6) is 11.5 Å². The lowest BCUT2D eigenvalue weighted by atomic mass is 10.1. The summed E-state index contributed by atoms with van der Waals surface area (Å²) in [5.41, 5.74) is 4.70. The largest absolute Gasteiger partial charge is 0.454 e. The molecule has 1 aromatic heterocycles. The number of rotatable bonds is 4. The van der Waals surface area contributed by atoms with Gasteiger partial charge in [0.15, 0.2) is 11.5 Å². The van der Waals surface area contributed by atoms with E-state index in [1.54, 1.807) is 35.5 Å². The van der Waals surface area contributed by atoms with E-state index < -0.39 is 0 Å². The third-order valence-corrected chi connectivity index (χ3v) is 4.73. The molecule has 1 aliphatic heterocycles. The second-order valence-corrected chi connectivity index (χ2v) is 6.59. The maximum atomic E-state index is 13.4. The van der Waals surface area contributed by atoms with Gasteiger partial charge in [-0.1, -0.05) is 12.1 Å². The molecule has 27 heavy (non-hydrogen) atoms. The second kappa shape index (κ2) is 7.11. The highest BCUT2D eigenvalue weighted by Crippen LogP contribution is 2.33. The van der Waals surface area contributed by atoms with E-state index in [0.29, 0.717) is 23.6 Å². The third-order valence-electron chi connectivity index (χ3n) is 4.73. The van der Waals surface area contributed by atoms with Gasteiger partial charge < -0.3 is 14.4 Å². The number of aryl methyl sites for hydroxylation is 2. The van der Waals surface area contributed by atoms with Crippen molar-refractivity contribution in [3.05, 3.63) is 83.2 Å². The lowest BCUT2D eigenvalue weighted by Crippen LogP contribution is -2.30. The van der Waals surface area contributed by atoms with Crippen molar-refractivity contribution < 1.29 is 14.3 Å². The molecule has 0 atom stereocenters. The number of pyridine rings is 1. The van der Waals surface area contributed by atoms with Gasteiger partial charge in [0.1, 0.15) is 0 Å². The van der Waals surface area contributed by atoms with Crippen LogP contribution in [-0.4, -0.2) is 17.7 Å². The average Bonchev–Trinajstić information content (AvgIpc) is 3.16. The molecule has 2 heterocycles. The average molecular weight is 360 g/mol. The molecule has 136 valence electrons. The van der Waals surface area contributed by atoms with Crippen molar-refractivity contribution in [2.75, 3.05) is 11.7 Å². The quantitative estimate of drug-likeness (QED) is 0.697. The number of amides is 1. The summed E-state index contributed by atoms with van der Waals surface area (Å²) in [6.07, 6.45) is 3.50. The van der Waals surface area contributed by atoms with Crippen LogP contribution < -0.4 is 14.4 Å². The minimum Gasteiger partial charge on any atom is -0.454 e. The summed E-state index contributed by atoms with van der Waals surface area (Å²) in [7, 11) is 0. The number of ether oxygens (including phenoxy) is 2. The third kappa shape index (κ3) is 3.49. The Morgan fingerprint density at radius 3 is 2.67 bits per heavy atom. The van der Waals surface area contributed by atoms with E-state index >= 15 is 0 Å². The number of benzene rings is 2. The zero-order valence-electron chi connectivity index (χ0n) is 15.3. The van der Waals surface area contributed by atoms with Crippen LogP contribution in [0.2, 0.25) is 0 Å². The van der Waals surface area contributed by atoms with Gasteiger partial charge in [-0.15, -0.1) is 0 Å². The highest BCUT2D eigenvalue weighted by molar-refractivity contribution is 6.06. The van der Waals surface area contributed by atoms with Crippen LogP contribution in [0.3, 0.4) is 0 Å². The highest BCUT2D eigenvalue weighted by Gasteiger charge is 2.22. The number of hydrogen-bond acceptors (Lipinski definition) is 4. The fourth-order valence-electron chi connectivity index (χ4n) is 3.03. The number of carbonyl (C=O) groups excluding carboxylic acids is 1. The van der Waals surface area contributed by atoms with Gasteiger partial charge in [-0.05, 0) is 66.9 Å². The van der Waals surface area contributed by atoms with Crippen LogP contribution >= 0.6 is 0 Å². The molecule has 0 saturated heterocycles. The SMILES string of the molecule is Cc1ccc(N(Cc2cccnc2)C(=O)c2ccc3c(c2)OCO3)cc1C. The summed E-state index contributed by atoms with van der Waals surface area (Å²) in [6, 6.07) is 15.2. The van der Waals surface area contributed by atoms with Gasteiger partial charge in [-0.2, -0.15) is 0 Å². The molecule has 0 spiro atoms. The van der Waals surface area contributed by atoms with E-state index in [9.17, 15) is 4.79 Å². The van der Waals surface area contributed by atoms with Crippen LogP contribution in [0.4, 0.5) is 5.69 Å². The van der Waals surface area contributed by atoms with Gasteiger partial charge >= 0.3 is 0 Å². The zero-order chi connectivity index (χ0) is 18.8. The predicted octanol–water partition coefficient (Wildman–Crippen LogP) is 4.27. The molecule has 0 bridgehead atoms. The van der Waals surface area contributed by atoms with Gasteiger partial charge in [0.05, 0.1) is 6.54 Å². The number of fused-ring (bicyclic) bond motifs is 1. The lowest BCUT2D eigenvalue weighted by Gasteiger charge is -2.24. The summed E-state index contributed by atoms with van der Waals surface area (Å²) in [6.45, 7) is 4.73. The van der Waals surface area contributed by atoms with Gasteiger partial charge in [0, 0.05) is 23.6 Å². The van der Waals surface area contributed by atoms with E-state index in [2.05, 4.69) is 11.9 Å². The monoisotopic (exact) mass is 360 g/mol. The molecule has 1 aliphatic rings. The minimum absolute atomic E-state index is 0.0968. The van der Waals surface area contributed by atoms with E-state index in [1.165, 1.54) is 5.56 Å². The molecule has 5 nitrogen and oxygen atoms in total. The fraction of sp³-hybridized carbons (Fsp3) is 0.182. The molecule has 0 saturated carbocycles. The molecule has 0 unspecified atom stereocenters. The predicted molar refractivity (Wildman–Crippen MR) is 103 cm³/mol. The molecule has 4 rings (SSSR count). The molecule has 5 heteroatoms. The molecule has 1 amide bonds. The van der Waals surface area contributed by atoms with Gasteiger partial charge in [0.25, 0.3) is 5.91 Å². The number of nitrogens with zero attached hydrogens (tertiary/aromatic N) is 2. The number of carbonyl (C=O) groups is 1. The summed E-state index contributed by atoms with van der Waals surface area (Å²) >= 11 is 0. The lowest BCUT2D eigenvalue weighted by molar-refractivity contribution is 0.0984. The maximum Gasteiger partial charge on any atom is 0.258 e. The van der Waals surface area contributed by atoms with Crippen LogP contribution in [0.25, 0.3) is 0 Å². The molecule has 3 aromatic rings. The van der Waals surface area contributed by atoms with Crippen LogP contribution in [0.1, 0.15) is 27.0 Å².